The van der Waals surface area contributed by atoms with Gasteiger partial charge in [-0.25, -0.2) is 0 Å². The predicted molar refractivity (Wildman–Crippen MR) is 47.6 cm³/mol. The van der Waals surface area contributed by atoms with Crippen LogP contribution in [0, 0.1) is 0 Å². The van der Waals surface area contributed by atoms with Gasteiger partial charge in [-0.2, -0.15) is 0 Å². The molecule has 1 aromatic carbocycles. The topological polar surface area (TPSA) is 29.5 Å². The number of aliphatic hydroxyl groups is 1. The van der Waals surface area contributed by atoms with E-state index in [1.807, 2.05) is 0 Å². The van der Waals surface area contributed by atoms with Crippen molar-refractivity contribution in [3.05, 3.63) is 23.8 Å². The molecule has 0 bridgehead atoms. The van der Waals surface area contributed by atoms with Gasteiger partial charge in [0.2, 0.25) is 0 Å². The molecule has 0 radical (unpaired) electrons. The van der Waals surface area contributed by atoms with Gasteiger partial charge in [0.1, 0.15) is 0 Å². The number of methoxy groups -OCH3 is 1. The molecular weight excluding hydrogens is 196 g/mol. The van der Waals surface area contributed by atoms with E-state index in [1.54, 1.807) is 0 Å². The third kappa shape index (κ3) is 2.20. The summed E-state index contributed by atoms with van der Waals surface area (Å²) in [7, 11) is 1.18. The maximum absolute atomic E-state index is 12.5. The minimum Gasteiger partial charge on any atom is -0.500 e. The van der Waals surface area contributed by atoms with Crippen LogP contribution in [0.25, 0.3) is 0 Å². The van der Waals surface area contributed by atoms with Crippen molar-refractivity contribution in [2.45, 2.75) is 6.61 Å². The van der Waals surface area contributed by atoms with Crippen molar-refractivity contribution in [2.75, 3.05) is 7.11 Å². The van der Waals surface area contributed by atoms with Gasteiger partial charge in [-0.1, -0.05) is 17.6 Å². The van der Waals surface area contributed by atoms with E-state index in [-0.39, 0.29) is 11.3 Å². The lowest BCUT2D eigenvalue weighted by Crippen LogP contribution is -2.35. The van der Waals surface area contributed by atoms with E-state index in [0.29, 0.717) is 0 Å². The van der Waals surface area contributed by atoms with Gasteiger partial charge >= 0.3 is 6.98 Å². The van der Waals surface area contributed by atoms with Crippen LogP contribution in [0.3, 0.4) is 0 Å². The van der Waals surface area contributed by atoms with Crippen molar-refractivity contribution in [1.29, 1.82) is 0 Å². The molecular formula is C8H9BF3O2-. The number of rotatable bonds is 3. The normalized spacial score (nSPS) is 11.5. The van der Waals surface area contributed by atoms with Crippen LogP contribution >= 0.6 is 0 Å². The molecule has 2 nitrogen and oxygen atoms in total. The van der Waals surface area contributed by atoms with Gasteiger partial charge in [0.25, 0.3) is 0 Å². The zero-order valence-corrected chi connectivity index (χ0v) is 7.51. The van der Waals surface area contributed by atoms with Gasteiger partial charge < -0.3 is 22.8 Å². The molecule has 0 fully saturated rings. The fraction of sp³-hybridized carbons (Fsp3) is 0.250. The van der Waals surface area contributed by atoms with Crippen molar-refractivity contribution >= 4 is 12.4 Å². The first-order valence-electron chi connectivity index (χ1n) is 3.96. The van der Waals surface area contributed by atoms with Crippen LogP contribution in [0.1, 0.15) is 5.56 Å². The molecule has 0 aliphatic carbocycles. The second-order valence-corrected chi connectivity index (χ2v) is 2.81. The van der Waals surface area contributed by atoms with Gasteiger partial charge in [0.05, 0.1) is 19.5 Å². The van der Waals surface area contributed by atoms with E-state index in [4.69, 9.17) is 5.11 Å². The first-order chi connectivity index (χ1) is 6.49. The van der Waals surface area contributed by atoms with E-state index < -0.39 is 19.0 Å². The maximum Gasteiger partial charge on any atom is 0.513 e. The molecule has 0 aliphatic rings. The van der Waals surface area contributed by atoms with Crippen molar-refractivity contribution in [3.8, 4) is 5.75 Å². The van der Waals surface area contributed by atoms with Crippen molar-refractivity contribution in [2.24, 2.45) is 0 Å². The average molecular weight is 205 g/mol. The van der Waals surface area contributed by atoms with Crippen LogP contribution in [-0.2, 0) is 6.61 Å². The zero-order valence-electron chi connectivity index (χ0n) is 7.51. The highest BCUT2D eigenvalue weighted by atomic mass is 19.4. The number of ether oxygens (including phenoxy) is 1. The molecule has 0 saturated carbocycles. The number of halogens is 3. The molecule has 0 unspecified atom stereocenters. The third-order valence-electron chi connectivity index (χ3n) is 1.83. The number of hydrogen-bond acceptors (Lipinski definition) is 2. The second kappa shape index (κ2) is 3.92. The van der Waals surface area contributed by atoms with Crippen molar-refractivity contribution < 1.29 is 22.8 Å². The molecule has 1 rings (SSSR count). The van der Waals surface area contributed by atoms with Gasteiger partial charge in [-0.05, 0) is 11.6 Å². The highest BCUT2D eigenvalue weighted by Gasteiger charge is 2.29. The fourth-order valence-corrected chi connectivity index (χ4v) is 1.14. The lowest BCUT2D eigenvalue weighted by Gasteiger charge is -2.19. The minimum atomic E-state index is -5.10. The molecule has 1 aromatic rings. The molecule has 14 heavy (non-hydrogen) atoms. The van der Waals surface area contributed by atoms with Gasteiger partial charge in [-0.15, -0.1) is 0 Å². The first-order valence-corrected chi connectivity index (χ1v) is 3.96. The van der Waals surface area contributed by atoms with Crippen molar-refractivity contribution in [1.82, 2.24) is 0 Å². The van der Waals surface area contributed by atoms with E-state index in [0.717, 1.165) is 6.07 Å². The highest BCUT2D eigenvalue weighted by Crippen LogP contribution is 2.18. The molecule has 0 atom stereocenters. The Bertz CT molecular complexity index is 325. The monoisotopic (exact) mass is 205 g/mol. The Morgan fingerprint density at radius 2 is 2.00 bits per heavy atom. The Balaban J connectivity index is 3.22. The summed E-state index contributed by atoms with van der Waals surface area (Å²) >= 11 is 0. The standard InChI is InChI=1S/C8H9BF3O2/c1-14-8-3-2-6(5-13)4-7(8)9(10,11)12/h2-4,13H,5H2,1H3/q-1. The minimum absolute atomic E-state index is 0.213. The van der Waals surface area contributed by atoms with Crippen molar-refractivity contribution in [3.63, 3.8) is 0 Å². The van der Waals surface area contributed by atoms with E-state index in [1.165, 1.54) is 19.2 Å². The molecule has 0 amide bonds. The van der Waals surface area contributed by atoms with Gasteiger partial charge in [0, 0.05) is 0 Å². The molecule has 0 heterocycles. The summed E-state index contributed by atoms with van der Waals surface area (Å²) in [5.74, 6) is -0.213. The summed E-state index contributed by atoms with van der Waals surface area (Å²) in [5, 5.41) is 8.69. The summed E-state index contributed by atoms with van der Waals surface area (Å²) in [6.45, 7) is -5.51. The molecule has 0 aliphatic heterocycles. The largest absolute Gasteiger partial charge is 0.513 e. The van der Waals surface area contributed by atoms with Crippen LogP contribution < -0.4 is 10.2 Å². The Morgan fingerprint density at radius 1 is 1.36 bits per heavy atom. The maximum atomic E-state index is 12.5. The highest BCUT2D eigenvalue weighted by molar-refractivity contribution is 6.74. The Morgan fingerprint density at radius 3 is 2.43 bits per heavy atom. The molecule has 78 valence electrons. The van der Waals surface area contributed by atoms with Crippen LogP contribution in [0.2, 0.25) is 0 Å². The molecule has 0 saturated heterocycles. The summed E-state index contributed by atoms with van der Waals surface area (Å²) in [5.41, 5.74) is -0.584. The molecule has 6 heteroatoms. The molecule has 0 aromatic heterocycles. The lowest BCUT2D eigenvalue weighted by molar-refractivity contribution is 0.281. The van der Waals surface area contributed by atoms with E-state index in [2.05, 4.69) is 4.74 Å². The summed E-state index contributed by atoms with van der Waals surface area (Å²) in [4.78, 5) is 0. The van der Waals surface area contributed by atoms with Crippen LogP contribution in [0.5, 0.6) is 5.75 Å². The van der Waals surface area contributed by atoms with Crippen LogP contribution in [0.4, 0.5) is 12.9 Å². The number of aliphatic hydroxyl groups excluding tert-OH is 1. The predicted octanol–water partition coefficient (Wildman–Crippen LogP) is 1.24. The molecule has 0 spiro atoms. The Labute approximate surface area is 79.4 Å². The lowest BCUT2D eigenvalue weighted by atomic mass is 9.78. The smallest absolute Gasteiger partial charge is 0.500 e. The second-order valence-electron chi connectivity index (χ2n) is 2.81. The summed E-state index contributed by atoms with van der Waals surface area (Å²) < 4.78 is 41.9. The average Bonchev–Trinajstić information content (AvgIpc) is 2.15. The summed E-state index contributed by atoms with van der Waals surface area (Å²) in [6.07, 6.45) is 0. The van der Waals surface area contributed by atoms with E-state index in [9.17, 15) is 12.9 Å². The SMILES string of the molecule is COc1ccc(CO)cc1[B-](F)(F)F. The van der Waals surface area contributed by atoms with Gasteiger partial charge in [-0.3, -0.25) is 0 Å². The van der Waals surface area contributed by atoms with Crippen LogP contribution in [-0.4, -0.2) is 19.2 Å². The Kier molecular flexibility index (Phi) is 3.05. The van der Waals surface area contributed by atoms with Crippen LogP contribution in [0.15, 0.2) is 18.2 Å². The van der Waals surface area contributed by atoms with Gasteiger partial charge in [0.15, 0.2) is 0 Å². The Hall–Kier alpha value is -1.17. The first kappa shape index (κ1) is 10.9. The molecule has 1 N–H and O–H groups in total. The number of benzene rings is 1. The summed E-state index contributed by atoms with van der Waals surface area (Å²) in [6, 6.07) is 3.50. The zero-order chi connectivity index (χ0) is 10.8. The third-order valence-corrected chi connectivity index (χ3v) is 1.83. The van der Waals surface area contributed by atoms with E-state index >= 15 is 0 Å². The fourth-order valence-electron chi connectivity index (χ4n) is 1.14. The quantitative estimate of drug-likeness (QED) is 0.752. The number of hydrogen-bond donors (Lipinski definition) is 1.